The highest BCUT2D eigenvalue weighted by Gasteiger charge is 2.25. The highest BCUT2D eigenvalue weighted by molar-refractivity contribution is 6.05. The fourth-order valence-corrected chi connectivity index (χ4v) is 3.40. The number of amides is 1. The minimum Gasteiger partial charge on any atom is -0.317 e. The van der Waals surface area contributed by atoms with Crippen molar-refractivity contribution in [3.63, 3.8) is 0 Å². The smallest absolute Gasteiger partial charge is 0.280 e. The van der Waals surface area contributed by atoms with E-state index in [1.54, 1.807) is 11.9 Å². The summed E-state index contributed by atoms with van der Waals surface area (Å²) in [5, 5.41) is 11.8. The van der Waals surface area contributed by atoms with E-state index < -0.39 is 0 Å². The van der Waals surface area contributed by atoms with Gasteiger partial charge < -0.3 is 10.2 Å². The van der Waals surface area contributed by atoms with Crippen molar-refractivity contribution in [1.29, 1.82) is 0 Å². The van der Waals surface area contributed by atoms with Gasteiger partial charge in [-0.3, -0.25) is 4.79 Å². The molecule has 2 heterocycles. The second kappa shape index (κ2) is 8.40. The summed E-state index contributed by atoms with van der Waals surface area (Å²) in [7, 11) is 1.79. The molecule has 0 unspecified atom stereocenters. The number of carbonyl (C=O) groups excluding carboxylic acids is 1. The summed E-state index contributed by atoms with van der Waals surface area (Å²) in [6.07, 6.45) is 2.03. The first-order chi connectivity index (χ1) is 12.3. The van der Waals surface area contributed by atoms with Crippen LogP contribution in [0, 0.1) is 6.92 Å². The van der Waals surface area contributed by atoms with Crippen LogP contribution in [0.25, 0.3) is 0 Å². The number of carbonyl (C=O) groups is 1. The quantitative estimate of drug-likeness (QED) is 0.869. The first kappa shape index (κ1) is 21.4. The standard InChI is InChI=1S/C20H29N5O.ClH/c1-14-18(22-23-25(14)17-10-12-21-13-11-17)19(26)24(5)16-8-6-15(7-9-16)20(2,3)4;/h6-9,17,21H,10-13H2,1-5H3;1H. The third-order valence-electron chi connectivity index (χ3n) is 5.21. The predicted octanol–water partition coefficient (Wildman–Crippen LogP) is 3.51. The average Bonchev–Trinajstić information content (AvgIpc) is 3.02. The summed E-state index contributed by atoms with van der Waals surface area (Å²) in [5.41, 5.74) is 3.48. The molecule has 1 aromatic heterocycles. The molecule has 27 heavy (non-hydrogen) atoms. The van der Waals surface area contributed by atoms with E-state index in [0.717, 1.165) is 37.3 Å². The van der Waals surface area contributed by atoms with E-state index >= 15 is 0 Å². The van der Waals surface area contributed by atoms with Gasteiger partial charge in [-0.05, 0) is 56.0 Å². The Hall–Kier alpha value is -1.92. The van der Waals surface area contributed by atoms with Crippen LogP contribution in [0.15, 0.2) is 24.3 Å². The Morgan fingerprint density at radius 3 is 2.33 bits per heavy atom. The van der Waals surface area contributed by atoms with Crippen molar-refractivity contribution in [3.05, 3.63) is 41.2 Å². The van der Waals surface area contributed by atoms with Gasteiger partial charge in [-0.15, -0.1) is 17.5 Å². The van der Waals surface area contributed by atoms with Crippen LogP contribution in [-0.4, -0.2) is 41.0 Å². The van der Waals surface area contributed by atoms with Gasteiger partial charge in [0.25, 0.3) is 5.91 Å². The van der Waals surface area contributed by atoms with E-state index in [1.807, 2.05) is 23.7 Å². The summed E-state index contributed by atoms with van der Waals surface area (Å²) in [6, 6.07) is 8.47. The van der Waals surface area contributed by atoms with E-state index in [4.69, 9.17) is 0 Å². The van der Waals surface area contributed by atoms with Crippen LogP contribution in [0.2, 0.25) is 0 Å². The van der Waals surface area contributed by atoms with Gasteiger partial charge in [0, 0.05) is 12.7 Å². The largest absolute Gasteiger partial charge is 0.317 e. The molecule has 0 radical (unpaired) electrons. The first-order valence-corrected chi connectivity index (χ1v) is 9.30. The van der Waals surface area contributed by atoms with Crippen LogP contribution in [-0.2, 0) is 5.41 Å². The van der Waals surface area contributed by atoms with Gasteiger partial charge >= 0.3 is 0 Å². The molecule has 0 saturated carbocycles. The molecule has 0 spiro atoms. The molecule has 0 bridgehead atoms. The number of aromatic nitrogens is 3. The Bertz CT molecular complexity index is 773. The van der Waals surface area contributed by atoms with Gasteiger partial charge in [0.2, 0.25) is 0 Å². The van der Waals surface area contributed by atoms with Crippen molar-refractivity contribution < 1.29 is 4.79 Å². The molecule has 1 saturated heterocycles. The van der Waals surface area contributed by atoms with Gasteiger partial charge in [0.05, 0.1) is 11.7 Å². The predicted molar refractivity (Wildman–Crippen MR) is 111 cm³/mol. The zero-order chi connectivity index (χ0) is 18.9. The Morgan fingerprint density at radius 2 is 1.78 bits per heavy atom. The van der Waals surface area contributed by atoms with Crippen molar-refractivity contribution in [1.82, 2.24) is 20.3 Å². The molecular weight excluding hydrogens is 362 g/mol. The van der Waals surface area contributed by atoms with E-state index in [9.17, 15) is 4.79 Å². The van der Waals surface area contributed by atoms with E-state index in [2.05, 4.69) is 48.5 Å². The Labute approximate surface area is 167 Å². The fraction of sp³-hybridized carbons (Fsp3) is 0.550. The normalized spacial score (nSPS) is 15.3. The van der Waals surface area contributed by atoms with Crippen LogP contribution in [0.1, 0.15) is 61.4 Å². The molecule has 1 aliphatic heterocycles. The van der Waals surface area contributed by atoms with Crippen molar-refractivity contribution in [2.45, 2.75) is 52.0 Å². The average molecular weight is 392 g/mol. The Balaban J connectivity index is 0.00000261. The van der Waals surface area contributed by atoms with Gasteiger partial charge in [-0.2, -0.15) is 0 Å². The second-order valence-electron chi connectivity index (χ2n) is 8.11. The van der Waals surface area contributed by atoms with Crippen molar-refractivity contribution >= 4 is 24.0 Å². The molecule has 148 valence electrons. The lowest BCUT2D eigenvalue weighted by molar-refractivity contribution is 0.0987. The monoisotopic (exact) mass is 391 g/mol. The summed E-state index contributed by atoms with van der Waals surface area (Å²) >= 11 is 0. The number of hydrogen-bond acceptors (Lipinski definition) is 4. The van der Waals surface area contributed by atoms with E-state index in [-0.39, 0.29) is 23.7 Å². The van der Waals surface area contributed by atoms with Gasteiger partial charge in [0.15, 0.2) is 5.69 Å². The number of halogens is 1. The molecule has 0 atom stereocenters. The van der Waals surface area contributed by atoms with E-state index in [0.29, 0.717) is 11.7 Å². The lowest BCUT2D eigenvalue weighted by atomic mass is 9.87. The molecule has 1 aromatic carbocycles. The highest BCUT2D eigenvalue weighted by atomic mass is 35.5. The molecule has 1 N–H and O–H groups in total. The zero-order valence-corrected chi connectivity index (χ0v) is 17.6. The summed E-state index contributed by atoms with van der Waals surface area (Å²) in [4.78, 5) is 14.6. The number of anilines is 1. The molecule has 3 rings (SSSR count). The van der Waals surface area contributed by atoms with Gasteiger partial charge in [0.1, 0.15) is 0 Å². The molecule has 2 aromatic rings. The number of benzene rings is 1. The molecular formula is C20H30ClN5O. The minimum atomic E-state index is -0.119. The van der Waals surface area contributed by atoms with E-state index in [1.165, 1.54) is 5.56 Å². The maximum Gasteiger partial charge on any atom is 0.280 e. The lowest BCUT2D eigenvalue weighted by Gasteiger charge is -2.23. The number of piperidine rings is 1. The third-order valence-corrected chi connectivity index (χ3v) is 5.21. The fourth-order valence-electron chi connectivity index (χ4n) is 3.40. The van der Waals surface area contributed by atoms with Gasteiger partial charge in [-0.1, -0.05) is 38.1 Å². The van der Waals surface area contributed by atoms with Crippen molar-refractivity contribution in [2.75, 3.05) is 25.0 Å². The molecule has 1 aliphatic rings. The van der Waals surface area contributed by atoms with Crippen LogP contribution < -0.4 is 10.2 Å². The first-order valence-electron chi connectivity index (χ1n) is 9.30. The minimum absolute atomic E-state index is 0. The molecule has 0 aliphatic carbocycles. The van der Waals surface area contributed by atoms with Crippen molar-refractivity contribution in [3.8, 4) is 0 Å². The topological polar surface area (TPSA) is 63.1 Å². The van der Waals surface area contributed by atoms with Crippen LogP contribution in [0.4, 0.5) is 5.69 Å². The Kier molecular flexibility index (Phi) is 6.65. The zero-order valence-electron chi connectivity index (χ0n) is 16.8. The van der Waals surface area contributed by atoms with Gasteiger partial charge in [-0.25, -0.2) is 4.68 Å². The SMILES string of the molecule is Cc1c(C(=O)N(C)c2ccc(C(C)(C)C)cc2)nnn1C1CCNCC1.Cl. The maximum absolute atomic E-state index is 12.9. The number of nitrogens with zero attached hydrogens (tertiary/aromatic N) is 4. The Morgan fingerprint density at radius 1 is 1.19 bits per heavy atom. The number of nitrogens with one attached hydrogen (secondary N) is 1. The highest BCUT2D eigenvalue weighted by Crippen LogP contribution is 2.26. The van der Waals surface area contributed by atoms with Crippen molar-refractivity contribution in [2.24, 2.45) is 0 Å². The second-order valence-corrected chi connectivity index (χ2v) is 8.11. The number of hydrogen-bond donors (Lipinski definition) is 1. The number of rotatable bonds is 3. The summed E-state index contributed by atoms with van der Waals surface area (Å²) < 4.78 is 1.92. The maximum atomic E-state index is 12.9. The molecule has 1 fully saturated rings. The molecule has 1 amide bonds. The molecule has 7 heteroatoms. The molecule has 6 nitrogen and oxygen atoms in total. The third kappa shape index (κ3) is 4.50. The summed E-state index contributed by atoms with van der Waals surface area (Å²) in [5.74, 6) is -0.119. The van der Waals surface area contributed by atoms with Crippen LogP contribution >= 0.6 is 12.4 Å². The van der Waals surface area contributed by atoms with Crippen LogP contribution in [0.5, 0.6) is 0 Å². The summed E-state index contributed by atoms with van der Waals surface area (Å²) in [6.45, 7) is 10.4. The van der Waals surface area contributed by atoms with Crippen LogP contribution in [0.3, 0.4) is 0 Å². The lowest BCUT2D eigenvalue weighted by Crippen LogP contribution is -2.31.